The van der Waals surface area contributed by atoms with Crippen LogP contribution in [0.5, 0.6) is 0 Å². The number of aliphatic hydroxyl groups excluding tert-OH is 1. The Bertz CT molecular complexity index is 277. The van der Waals surface area contributed by atoms with E-state index in [4.69, 9.17) is 0 Å². The summed E-state index contributed by atoms with van der Waals surface area (Å²) in [5, 5.41) is 10.6. The van der Waals surface area contributed by atoms with Gasteiger partial charge in [0, 0.05) is 25.2 Å². The number of rotatable bonds is 6. The second-order valence-corrected chi connectivity index (χ2v) is 8.53. The van der Waals surface area contributed by atoms with Gasteiger partial charge in [-0.15, -0.1) is 0 Å². The maximum atomic E-state index is 10.6. The van der Waals surface area contributed by atoms with Crippen LogP contribution < -0.4 is 0 Å². The highest BCUT2D eigenvalue weighted by Gasteiger charge is 2.22. The summed E-state index contributed by atoms with van der Waals surface area (Å²) >= 11 is 0. The van der Waals surface area contributed by atoms with Crippen molar-refractivity contribution in [2.75, 3.05) is 27.2 Å². The van der Waals surface area contributed by atoms with Crippen LogP contribution in [0.3, 0.4) is 0 Å². The highest BCUT2D eigenvalue weighted by Crippen LogP contribution is 2.22. The molecule has 3 nitrogen and oxygen atoms in total. The van der Waals surface area contributed by atoms with Crippen LogP contribution in [0.2, 0.25) is 0 Å². The lowest BCUT2D eigenvalue weighted by atomic mass is 9.95. The summed E-state index contributed by atoms with van der Waals surface area (Å²) in [6.07, 6.45) is 19.0. The molecule has 2 saturated carbocycles. The smallest absolute Gasteiger partial charge is 0.0793 e. The number of nitrogens with zero attached hydrogens (tertiary/aromatic N) is 2. The van der Waals surface area contributed by atoms with Crippen molar-refractivity contribution < 1.29 is 5.11 Å². The molecule has 0 aromatic heterocycles. The molecule has 0 bridgehead atoms. The van der Waals surface area contributed by atoms with Gasteiger partial charge in [0.25, 0.3) is 0 Å². The van der Waals surface area contributed by atoms with Gasteiger partial charge in [-0.1, -0.05) is 64.2 Å². The highest BCUT2D eigenvalue weighted by molar-refractivity contribution is 4.78. The van der Waals surface area contributed by atoms with Gasteiger partial charge in [-0.3, -0.25) is 0 Å². The third kappa shape index (κ3) is 7.41. The van der Waals surface area contributed by atoms with Crippen LogP contribution in [0, 0.1) is 0 Å². The van der Waals surface area contributed by atoms with Crippen LogP contribution >= 0.6 is 0 Å². The summed E-state index contributed by atoms with van der Waals surface area (Å²) < 4.78 is 0. The Morgan fingerprint density at radius 3 is 1.25 bits per heavy atom. The van der Waals surface area contributed by atoms with E-state index in [1.54, 1.807) is 0 Å². The minimum absolute atomic E-state index is 0.212. The maximum absolute atomic E-state index is 10.6. The summed E-state index contributed by atoms with van der Waals surface area (Å²) in [7, 11) is 4.45. The van der Waals surface area contributed by atoms with Crippen molar-refractivity contribution in [1.29, 1.82) is 0 Å². The highest BCUT2D eigenvalue weighted by atomic mass is 16.3. The lowest BCUT2D eigenvalue weighted by Gasteiger charge is -2.34. The van der Waals surface area contributed by atoms with Gasteiger partial charge >= 0.3 is 0 Å². The van der Waals surface area contributed by atoms with Crippen molar-refractivity contribution in [2.24, 2.45) is 0 Å². The molecule has 24 heavy (non-hydrogen) atoms. The van der Waals surface area contributed by atoms with E-state index in [-0.39, 0.29) is 6.10 Å². The molecular formula is C21H42N2O. The molecule has 0 heterocycles. The van der Waals surface area contributed by atoms with E-state index in [1.807, 2.05) is 0 Å². The zero-order valence-corrected chi connectivity index (χ0v) is 16.4. The largest absolute Gasteiger partial charge is 0.390 e. The molecule has 0 atom stereocenters. The normalized spacial score (nSPS) is 23.2. The van der Waals surface area contributed by atoms with Gasteiger partial charge in [-0.05, 0) is 39.8 Å². The topological polar surface area (TPSA) is 26.7 Å². The summed E-state index contributed by atoms with van der Waals surface area (Å²) in [6, 6.07) is 1.37. The van der Waals surface area contributed by atoms with Crippen molar-refractivity contribution in [3.8, 4) is 0 Å². The Morgan fingerprint density at radius 1 is 0.625 bits per heavy atom. The molecule has 0 amide bonds. The fourth-order valence-electron chi connectivity index (χ4n) is 4.77. The molecule has 1 N–H and O–H groups in total. The Balaban J connectivity index is 1.72. The Morgan fingerprint density at radius 2 is 0.917 bits per heavy atom. The third-order valence-corrected chi connectivity index (χ3v) is 6.39. The summed E-state index contributed by atoms with van der Waals surface area (Å²) in [5.41, 5.74) is 0. The van der Waals surface area contributed by atoms with E-state index in [9.17, 15) is 5.11 Å². The van der Waals surface area contributed by atoms with Gasteiger partial charge in [0.15, 0.2) is 0 Å². The average Bonchev–Trinajstić information content (AvgIpc) is 2.45. The monoisotopic (exact) mass is 338 g/mol. The Labute approximate surface area is 150 Å². The van der Waals surface area contributed by atoms with E-state index in [0.29, 0.717) is 12.1 Å². The van der Waals surface area contributed by atoms with Crippen LogP contribution in [-0.2, 0) is 0 Å². The van der Waals surface area contributed by atoms with Crippen LogP contribution in [0.1, 0.15) is 89.9 Å². The van der Waals surface area contributed by atoms with Crippen molar-refractivity contribution >= 4 is 0 Å². The van der Waals surface area contributed by atoms with Gasteiger partial charge in [-0.2, -0.15) is 0 Å². The molecule has 2 aliphatic carbocycles. The molecule has 2 fully saturated rings. The molecule has 3 heteroatoms. The van der Waals surface area contributed by atoms with Gasteiger partial charge in [0.2, 0.25) is 0 Å². The van der Waals surface area contributed by atoms with E-state index in [2.05, 4.69) is 23.9 Å². The third-order valence-electron chi connectivity index (χ3n) is 6.39. The first-order valence-corrected chi connectivity index (χ1v) is 10.8. The van der Waals surface area contributed by atoms with E-state index in [1.165, 1.54) is 89.9 Å². The molecule has 0 aromatic carbocycles. The van der Waals surface area contributed by atoms with Crippen molar-refractivity contribution in [3.63, 3.8) is 0 Å². The zero-order chi connectivity index (χ0) is 17.2. The first kappa shape index (κ1) is 20.2. The first-order chi connectivity index (χ1) is 11.7. The predicted octanol–water partition coefficient (Wildman–Crippen LogP) is 4.44. The van der Waals surface area contributed by atoms with Gasteiger partial charge < -0.3 is 14.9 Å². The molecule has 0 aromatic rings. The zero-order valence-electron chi connectivity index (χ0n) is 16.4. The number of likely N-dealkylation sites (N-methyl/N-ethyl adjacent to an activating group) is 2. The van der Waals surface area contributed by atoms with Gasteiger partial charge in [0.05, 0.1) is 6.10 Å². The lowest BCUT2D eigenvalue weighted by Crippen LogP contribution is -2.44. The Kier molecular flexibility index (Phi) is 9.67. The molecule has 0 aliphatic heterocycles. The van der Waals surface area contributed by atoms with Crippen LogP contribution in [0.15, 0.2) is 0 Å². The fourth-order valence-corrected chi connectivity index (χ4v) is 4.77. The average molecular weight is 339 g/mol. The summed E-state index contributed by atoms with van der Waals surface area (Å²) in [4.78, 5) is 4.89. The van der Waals surface area contributed by atoms with Crippen LogP contribution in [0.4, 0.5) is 0 Å². The van der Waals surface area contributed by atoms with Gasteiger partial charge in [0.1, 0.15) is 0 Å². The SMILES string of the molecule is CN(CC(O)CN(C)C1CCCCCCC1)C1CCCCCCC1. The van der Waals surface area contributed by atoms with E-state index < -0.39 is 0 Å². The fraction of sp³-hybridized carbons (Fsp3) is 1.00. The molecular weight excluding hydrogens is 296 g/mol. The van der Waals surface area contributed by atoms with E-state index in [0.717, 1.165) is 13.1 Å². The number of hydrogen-bond acceptors (Lipinski definition) is 3. The molecule has 2 aliphatic rings. The lowest BCUT2D eigenvalue weighted by molar-refractivity contribution is 0.0547. The van der Waals surface area contributed by atoms with Crippen molar-refractivity contribution in [1.82, 2.24) is 9.80 Å². The first-order valence-electron chi connectivity index (χ1n) is 10.8. The number of hydrogen-bond donors (Lipinski definition) is 1. The van der Waals surface area contributed by atoms with Crippen molar-refractivity contribution in [3.05, 3.63) is 0 Å². The second-order valence-electron chi connectivity index (χ2n) is 8.53. The quantitative estimate of drug-likeness (QED) is 0.776. The molecule has 0 radical (unpaired) electrons. The minimum atomic E-state index is -0.212. The molecule has 0 saturated heterocycles. The summed E-state index contributed by atoms with van der Waals surface area (Å²) in [5.74, 6) is 0. The molecule has 0 unspecified atom stereocenters. The predicted molar refractivity (Wildman–Crippen MR) is 103 cm³/mol. The molecule has 2 rings (SSSR count). The van der Waals surface area contributed by atoms with Crippen molar-refractivity contribution in [2.45, 2.75) is 108 Å². The standard InChI is InChI=1S/C21H42N2O/c1-22(19-13-9-5-3-6-10-14-19)17-21(24)18-23(2)20-15-11-7-4-8-12-16-20/h19-21,24H,3-18H2,1-2H3. The minimum Gasteiger partial charge on any atom is -0.390 e. The van der Waals surface area contributed by atoms with Crippen LogP contribution in [-0.4, -0.2) is 60.3 Å². The van der Waals surface area contributed by atoms with E-state index >= 15 is 0 Å². The molecule has 142 valence electrons. The van der Waals surface area contributed by atoms with Crippen LogP contribution in [0.25, 0.3) is 0 Å². The number of aliphatic hydroxyl groups is 1. The second kappa shape index (κ2) is 11.5. The molecule has 0 spiro atoms. The summed E-state index contributed by atoms with van der Waals surface area (Å²) in [6.45, 7) is 1.67. The maximum Gasteiger partial charge on any atom is 0.0793 e. The Hall–Kier alpha value is -0.120. The van der Waals surface area contributed by atoms with Gasteiger partial charge in [-0.25, -0.2) is 0 Å².